The Bertz CT molecular complexity index is 897. The van der Waals surface area contributed by atoms with Crippen LogP contribution in [-0.2, 0) is 16.1 Å². The van der Waals surface area contributed by atoms with Gasteiger partial charge in [0.15, 0.2) is 11.5 Å². The highest BCUT2D eigenvalue weighted by molar-refractivity contribution is 7.07. The Morgan fingerprint density at radius 2 is 2.14 bits per heavy atom. The van der Waals surface area contributed by atoms with Gasteiger partial charge in [0.05, 0.1) is 35.9 Å². The van der Waals surface area contributed by atoms with Gasteiger partial charge in [-0.2, -0.15) is 0 Å². The SMILES string of the molecule is COc1cc(C(=O)NCC(=O)OCC2CC2)c([N+](=O)[O-])cc1OCc1cscn1. The van der Waals surface area contributed by atoms with E-state index in [1.807, 2.05) is 0 Å². The largest absolute Gasteiger partial charge is 0.493 e. The molecule has 1 aromatic heterocycles. The number of thiazole rings is 1. The maximum atomic E-state index is 12.4. The first kappa shape index (κ1) is 20.5. The fraction of sp³-hybridized carbons (Fsp3) is 0.389. The first-order valence-electron chi connectivity index (χ1n) is 8.78. The van der Waals surface area contributed by atoms with Gasteiger partial charge in [0.25, 0.3) is 11.6 Å². The molecule has 0 bridgehead atoms. The lowest BCUT2D eigenvalue weighted by atomic mass is 10.1. The van der Waals surface area contributed by atoms with Gasteiger partial charge in [0.2, 0.25) is 0 Å². The Hall–Kier alpha value is -3.21. The van der Waals surface area contributed by atoms with E-state index in [1.165, 1.54) is 24.5 Å². The number of rotatable bonds is 10. The smallest absolute Gasteiger partial charge is 0.325 e. The van der Waals surface area contributed by atoms with E-state index in [0.29, 0.717) is 18.2 Å². The second-order valence-electron chi connectivity index (χ2n) is 6.35. The van der Waals surface area contributed by atoms with E-state index >= 15 is 0 Å². The molecule has 0 unspecified atom stereocenters. The average Bonchev–Trinajstić information content (AvgIpc) is 3.40. The molecule has 3 rings (SSSR count). The highest BCUT2D eigenvalue weighted by Crippen LogP contribution is 2.35. The molecule has 10 nitrogen and oxygen atoms in total. The summed E-state index contributed by atoms with van der Waals surface area (Å²) in [5, 5.41) is 15.6. The van der Waals surface area contributed by atoms with E-state index in [2.05, 4.69) is 10.3 Å². The Labute approximate surface area is 169 Å². The number of carbonyl (C=O) groups excluding carboxylic acids is 2. The molecule has 1 aliphatic carbocycles. The van der Waals surface area contributed by atoms with Crippen molar-refractivity contribution in [3.05, 3.63) is 44.4 Å². The van der Waals surface area contributed by atoms with Crippen LogP contribution < -0.4 is 14.8 Å². The maximum Gasteiger partial charge on any atom is 0.325 e. The van der Waals surface area contributed by atoms with E-state index in [0.717, 1.165) is 18.9 Å². The number of carbonyl (C=O) groups is 2. The predicted octanol–water partition coefficient (Wildman–Crippen LogP) is 2.32. The summed E-state index contributed by atoms with van der Waals surface area (Å²) in [7, 11) is 1.35. The van der Waals surface area contributed by atoms with Gasteiger partial charge in [-0.25, -0.2) is 4.98 Å². The second-order valence-corrected chi connectivity index (χ2v) is 7.07. The maximum absolute atomic E-state index is 12.4. The molecule has 2 aromatic rings. The van der Waals surface area contributed by atoms with Gasteiger partial charge < -0.3 is 19.5 Å². The number of nitrogens with zero attached hydrogens (tertiary/aromatic N) is 2. The number of nitro benzene ring substituents is 1. The number of hydrogen-bond donors (Lipinski definition) is 1. The minimum absolute atomic E-state index is 0.0927. The second kappa shape index (κ2) is 9.32. The number of nitrogens with one attached hydrogen (secondary N) is 1. The molecular formula is C18H19N3O7S. The van der Waals surface area contributed by atoms with Crippen LogP contribution in [0.4, 0.5) is 5.69 Å². The topological polar surface area (TPSA) is 130 Å². The molecule has 1 fully saturated rings. The van der Waals surface area contributed by atoms with Crippen molar-refractivity contribution in [2.24, 2.45) is 5.92 Å². The first-order valence-corrected chi connectivity index (χ1v) is 9.72. The molecule has 0 saturated heterocycles. The summed E-state index contributed by atoms with van der Waals surface area (Å²) in [6.45, 7) is 0.0379. The van der Waals surface area contributed by atoms with Gasteiger partial charge in [-0.15, -0.1) is 11.3 Å². The number of esters is 1. The quantitative estimate of drug-likeness (QED) is 0.351. The van der Waals surface area contributed by atoms with Crippen molar-refractivity contribution in [3.63, 3.8) is 0 Å². The Morgan fingerprint density at radius 1 is 1.34 bits per heavy atom. The summed E-state index contributed by atoms with van der Waals surface area (Å²) < 4.78 is 15.8. The number of aromatic nitrogens is 1. The van der Waals surface area contributed by atoms with Gasteiger partial charge in [-0.3, -0.25) is 19.7 Å². The summed E-state index contributed by atoms with van der Waals surface area (Å²) in [5.41, 5.74) is 1.58. The summed E-state index contributed by atoms with van der Waals surface area (Å²) in [4.78, 5) is 38.9. The van der Waals surface area contributed by atoms with Crippen LogP contribution >= 0.6 is 11.3 Å². The fourth-order valence-corrected chi connectivity index (χ4v) is 2.95. The van der Waals surface area contributed by atoms with Crippen LogP contribution in [-0.4, -0.2) is 42.0 Å². The van der Waals surface area contributed by atoms with Gasteiger partial charge in [-0.1, -0.05) is 0 Å². The van der Waals surface area contributed by atoms with E-state index in [4.69, 9.17) is 14.2 Å². The molecule has 1 amide bonds. The van der Waals surface area contributed by atoms with Crippen LogP contribution in [0.15, 0.2) is 23.0 Å². The molecular weight excluding hydrogens is 402 g/mol. The lowest BCUT2D eigenvalue weighted by Crippen LogP contribution is -2.31. The van der Waals surface area contributed by atoms with Gasteiger partial charge in [0, 0.05) is 11.4 Å². The van der Waals surface area contributed by atoms with Crippen LogP contribution in [0.25, 0.3) is 0 Å². The van der Waals surface area contributed by atoms with Crippen LogP contribution in [0.5, 0.6) is 11.5 Å². The third kappa shape index (κ3) is 5.64. The molecule has 1 N–H and O–H groups in total. The minimum Gasteiger partial charge on any atom is -0.493 e. The van der Waals surface area contributed by atoms with Gasteiger partial charge >= 0.3 is 5.97 Å². The lowest BCUT2D eigenvalue weighted by molar-refractivity contribution is -0.385. The van der Waals surface area contributed by atoms with E-state index < -0.39 is 22.5 Å². The molecule has 0 aliphatic heterocycles. The fourth-order valence-electron chi connectivity index (χ4n) is 2.41. The van der Waals surface area contributed by atoms with Crippen molar-refractivity contribution < 1.29 is 28.7 Å². The highest BCUT2D eigenvalue weighted by Gasteiger charge is 2.26. The molecule has 0 atom stereocenters. The molecule has 29 heavy (non-hydrogen) atoms. The molecule has 1 heterocycles. The zero-order valence-electron chi connectivity index (χ0n) is 15.6. The van der Waals surface area contributed by atoms with E-state index in [9.17, 15) is 19.7 Å². The molecule has 1 saturated carbocycles. The Morgan fingerprint density at radius 3 is 2.76 bits per heavy atom. The number of methoxy groups -OCH3 is 1. The normalized spacial score (nSPS) is 12.9. The lowest BCUT2D eigenvalue weighted by Gasteiger charge is -2.12. The third-order valence-electron chi connectivity index (χ3n) is 4.15. The van der Waals surface area contributed by atoms with Crippen molar-refractivity contribution in [3.8, 4) is 11.5 Å². The van der Waals surface area contributed by atoms with E-state index in [1.54, 1.807) is 10.9 Å². The van der Waals surface area contributed by atoms with Crippen LogP contribution in [0.2, 0.25) is 0 Å². The summed E-state index contributed by atoms with van der Waals surface area (Å²) in [6, 6.07) is 2.32. The predicted molar refractivity (Wildman–Crippen MR) is 102 cm³/mol. The minimum atomic E-state index is -0.788. The molecule has 1 aromatic carbocycles. The highest BCUT2D eigenvalue weighted by atomic mass is 32.1. The Balaban J connectivity index is 1.71. The summed E-state index contributed by atoms with van der Waals surface area (Å²) in [5.74, 6) is -0.732. The van der Waals surface area contributed by atoms with Crippen molar-refractivity contribution in [1.82, 2.24) is 10.3 Å². The van der Waals surface area contributed by atoms with Crippen LogP contribution in [0.3, 0.4) is 0 Å². The average molecular weight is 421 g/mol. The summed E-state index contributed by atoms with van der Waals surface area (Å²) in [6.07, 6.45) is 2.06. The summed E-state index contributed by atoms with van der Waals surface area (Å²) >= 11 is 1.39. The zero-order chi connectivity index (χ0) is 20.8. The number of hydrogen-bond acceptors (Lipinski definition) is 9. The number of amides is 1. The molecule has 0 spiro atoms. The molecule has 154 valence electrons. The molecule has 0 radical (unpaired) electrons. The zero-order valence-corrected chi connectivity index (χ0v) is 16.4. The van der Waals surface area contributed by atoms with Crippen molar-refractivity contribution in [2.45, 2.75) is 19.4 Å². The molecule has 1 aliphatic rings. The third-order valence-corrected chi connectivity index (χ3v) is 4.79. The van der Waals surface area contributed by atoms with Gasteiger partial charge in [0.1, 0.15) is 18.7 Å². The molecule has 11 heteroatoms. The monoisotopic (exact) mass is 421 g/mol. The van der Waals surface area contributed by atoms with Crippen LogP contribution in [0, 0.1) is 16.0 Å². The number of ether oxygens (including phenoxy) is 3. The van der Waals surface area contributed by atoms with Crippen molar-refractivity contribution >= 4 is 28.9 Å². The van der Waals surface area contributed by atoms with Crippen LogP contribution in [0.1, 0.15) is 28.9 Å². The Kier molecular flexibility index (Phi) is 6.60. The first-order chi connectivity index (χ1) is 14.0. The number of nitro groups is 1. The van der Waals surface area contributed by atoms with Crippen molar-refractivity contribution in [2.75, 3.05) is 20.3 Å². The standard InChI is InChI=1S/C18H19N3O7S/c1-26-15-4-13(18(23)19-6-17(22)28-7-11-2-3-11)14(21(24)25)5-16(15)27-8-12-9-29-10-20-12/h4-5,9-11H,2-3,6-8H2,1H3,(H,19,23). The van der Waals surface area contributed by atoms with Crippen molar-refractivity contribution in [1.29, 1.82) is 0 Å². The van der Waals surface area contributed by atoms with E-state index in [-0.39, 0.29) is 30.2 Å². The number of benzene rings is 1. The van der Waals surface area contributed by atoms with Gasteiger partial charge in [-0.05, 0) is 18.8 Å².